The number of hydrogen-bond donors (Lipinski definition) is 2. The predicted molar refractivity (Wildman–Crippen MR) is 109 cm³/mol. The number of rotatable bonds is 8. The Labute approximate surface area is 175 Å². The van der Waals surface area contributed by atoms with Crippen LogP contribution in [0.5, 0.6) is 5.75 Å². The summed E-state index contributed by atoms with van der Waals surface area (Å²) in [5, 5.41) is 19.7. The summed E-state index contributed by atoms with van der Waals surface area (Å²) in [4.78, 5) is 23.1. The van der Waals surface area contributed by atoms with E-state index in [2.05, 4.69) is 15.3 Å². The summed E-state index contributed by atoms with van der Waals surface area (Å²) in [6.45, 7) is 4.47. The molecule has 0 bridgehead atoms. The van der Waals surface area contributed by atoms with Crippen molar-refractivity contribution in [1.82, 2.24) is 14.9 Å². The number of aliphatic carboxylic acids is 1. The smallest absolute Gasteiger partial charge is 0.303 e. The molecule has 0 aliphatic heterocycles. The molecule has 0 atom stereocenters. The highest BCUT2D eigenvalue weighted by molar-refractivity contribution is 7.71. The summed E-state index contributed by atoms with van der Waals surface area (Å²) >= 11 is 17.5. The minimum Gasteiger partial charge on any atom is -0.490 e. The van der Waals surface area contributed by atoms with Crippen LogP contribution in [0.3, 0.4) is 0 Å². The van der Waals surface area contributed by atoms with Gasteiger partial charge >= 0.3 is 5.97 Å². The third kappa shape index (κ3) is 5.88. The van der Waals surface area contributed by atoms with Gasteiger partial charge in [0.2, 0.25) is 4.77 Å². The molecule has 2 aromatic rings. The number of aromatic nitrogens is 3. The van der Waals surface area contributed by atoms with E-state index in [-0.39, 0.29) is 23.3 Å². The molecule has 0 unspecified atom stereocenters. The number of carboxylic acids is 1. The lowest BCUT2D eigenvalue weighted by Gasteiger charge is -2.12. The van der Waals surface area contributed by atoms with Gasteiger partial charge in [-0.25, -0.2) is 0 Å². The van der Waals surface area contributed by atoms with Gasteiger partial charge in [-0.3, -0.25) is 14.7 Å². The fourth-order valence-corrected chi connectivity index (χ4v) is 2.87. The highest BCUT2D eigenvalue weighted by atomic mass is 35.5. The molecule has 0 aliphatic carbocycles. The molecule has 28 heavy (non-hydrogen) atoms. The number of H-pyrrole nitrogens is 1. The lowest BCUT2D eigenvalue weighted by atomic mass is 10.2. The molecule has 8 nitrogen and oxygen atoms in total. The Morgan fingerprint density at radius 1 is 1.43 bits per heavy atom. The zero-order chi connectivity index (χ0) is 20.8. The maximum Gasteiger partial charge on any atom is 0.303 e. The van der Waals surface area contributed by atoms with E-state index in [0.717, 1.165) is 4.68 Å². The van der Waals surface area contributed by atoms with Gasteiger partial charge in [-0.1, -0.05) is 37.0 Å². The molecule has 0 spiro atoms. The zero-order valence-electron chi connectivity index (χ0n) is 15.1. The number of aromatic amines is 1. The van der Waals surface area contributed by atoms with E-state index >= 15 is 0 Å². The van der Waals surface area contributed by atoms with Gasteiger partial charge in [0.05, 0.1) is 29.3 Å². The summed E-state index contributed by atoms with van der Waals surface area (Å²) in [5.74, 6) is -0.352. The molecule has 1 heterocycles. The Morgan fingerprint density at radius 3 is 2.64 bits per heavy atom. The number of nitrogens with one attached hydrogen (secondary N) is 1. The Kier molecular flexibility index (Phi) is 7.73. The average Bonchev–Trinajstić information content (AvgIpc) is 2.59. The molecule has 150 valence electrons. The number of carbonyl (C=O) groups is 1. The first-order valence-electron chi connectivity index (χ1n) is 8.27. The second kappa shape index (κ2) is 9.81. The van der Waals surface area contributed by atoms with Crippen LogP contribution in [-0.4, -0.2) is 38.8 Å². The number of aryl methyl sites for hydroxylation is 1. The van der Waals surface area contributed by atoms with Crippen molar-refractivity contribution in [3.8, 4) is 5.75 Å². The van der Waals surface area contributed by atoms with Crippen molar-refractivity contribution >= 4 is 47.6 Å². The van der Waals surface area contributed by atoms with E-state index in [1.54, 1.807) is 12.1 Å². The van der Waals surface area contributed by atoms with Gasteiger partial charge < -0.3 is 9.84 Å². The van der Waals surface area contributed by atoms with Crippen LogP contribution in [0, 0.1) is 10.7 Å². The van der Waals surface area contributed by atoms with Gasteiger partial charge in [-0.15, -0.1) is 0 Å². The van der Waals surface area contributed by atoms with Crippen LogP contribution in [0.15, 0.2) is 22.0 Å². The zero-order valence-corrected chi connectivity index (χ0v) is 17.4. The number of benzene rings is 1. The summed E-state index contributed by atoms with van der Waals surface area (Å²) in [6.07, 6.45) is 1.07. The molecule has 0 saturated carbocycles. The van der Waals surface area contributed by atoms with Gasteiger partial charge in [0.25, 0.3) is 5.56 Å². The third-order valence-electron chi connectivity index (χ3n) is 3.40. The normalized spacial score (nSPS) is 11.3. The lowest BCUT2D eigenvalue weighted by Crippen LogP contribution is -2.25. The fourth-order valence-electron chi connectivity index (χ4n) is 2.08. The Balaban J connectivity index is 2.31. The van der Waals surface area contributed by atoms with Crippen molar-refractivity contribution in [1.29, 1.82) is 0 Å². The van der Waals surface area contributed by atoms with E-state index in [0.29, 0.717) is 33.9 Å². The Hall–Kier alpha value is -2.23. The number of ether oxygens (including phenoxy) is 1. The van der Waals surface area contributed by atoms with Crippen molar-refractivity contribution in [2.75, 3.05) is 6.61 Å². The minimum absolute atomic E-state index is 0.0154. The monoisotopic (exact) mass is 444 g/mol. The van der Waals surface area contributed by atoms with Gasteiger partial charge in [0.1, 0.15) is 5.69 Å². The second-order valence-electron chi connectivity index (χ2n) is 6.25. The number of hydrogen-bond acceptors (Lipinski definition) is 6. The topological polar surface area (TPSA) is 110 Å². The van der Waals surface area contributed by atoms with Crippen molar-refractivity contribution in [2.24, 2.45) is 11.0 Å². The SMILES string of the molecule is CC(C)COc1c(Cl)cc(/C=N\n2c(=S)[nH]nc(CCC(=O)O)c2=O)cc1Cl. The number of halogens is 2. The molecular formula is C17H18Cl2N4O4S. The summed E-state index contributed by atoms with van der Waals surface area (Å²) in [5.41, 5.74) is -0.0610. The third-order valence-corrected chi connectivity index (χ3v) is 4.22. The maximum atomic E-state index is 12.4. The predicted octanol–water partition coefficient (Wildman–Crippen LogP) is 3.54. The molecule has 2 N–H and O–H groups in total. The first-order valence-corrected chi connectivity index (χ1v) is 9.44. The molecule has 0 aliphatic rings. The summed E-state index contributed by atoms with van der Waals surface area (Å²) < 4.78 is 6.49. The van der Waals surface area contributed by atoms with Gasteiger partial charge in [-0.2, -0.15) is 14.9 Å². The molecule has 0 fully saturated rings. The van der Waals surface area contributed by atoms with Crippen LogP contribution in [0.1, 0.15) is 31.5 Å². The Bertz CT molecular complexity index is 994. The molecule has 1 aromatic carbocycles. The molecule has 1 aromatic heterocycles. The molecule has 0 amide bonds. The van der Waals surface area contributed by atoms with Crippen LogP contribution in [0.25, 0.3) is 0 Å². The molecular weight excluding hydrogens is 427 g/mol. The summed E-state index contributed by atoms with van der Waals surface area (Å²) in [6, 6.07) is 3.19. The molecule has 2 rings (SSSR count). The largest absolute Gasteiger partial charge is 0.490 e. The van der Waals surface area contributed by atoms with Gasteiger partial charge in [-0.05, 0) is 35.8 Å². The maximum absolute atomic E-state index is 12.4. The van der Waals surface area contributed by atoms with E-state index in [4.69, 9.17) is 45.3 Å². The Morgan fingerprint density at radius 2 is 2.07 bits per heavy atom. The lowest BCUT2D eigenvalue weighted by molar-refractivity contribution is -0.136. The van der Waals surface area contributed by atoms with E-state index in [1.807, 2.05) is 13.8 Å². The van der Waals surface area contributed by atoms with Gasteiger partial charge in [0, 0.05) is 6.42 Å². The average molecular weight is 445 g/mol. The van der Waals surface area contributed by atoms with Crippen LogP contribution in [-0.2, 0) is 11.2 Å². The van der Waals surface area contributed by atoms with E-state index in [1.165, 1.54) is 6.21 Å². The van der Waals surface area contributed by atoms with Crippen LogP contribution in [0.2, 0.25) is 10.0 Å². The summed E-state index contributed by atoms with van der Waals surface area (Å²) in [7, 11) is 0. The second-order valence-corrected chi connectivity index (χ2v) is 7.45. The van der Waals surface area contributed by atoms with Crippen LogP contribution < -0.4 is 10.3 Å². The van der Waals surface area contributed by atoms with Crippen LogP contribution >= 0.6 is 35.4 Å². The molecule has 0 radical (unpaired) electrons. The number of carboxylic acid groups (broad SMARTS) is 1. The van der Waals surface area contributed by atoms with E-state index < -0.39 is 11.5 Å². The first-order chi connectivity index (χ1) is 13.2. The van der Waals surface area contributed by atoms with Crippen molar-refractivity contribution < 1.29 is 14.6 Å². The minimum atomic E-state index is -1.04. The first kappa shape index (κ1) is 22.1. The van der Waals surface area contributed by atoms with Crippen molar-refractivity contribution in [3.05, 3.63) is 48.6 Å². The molecule has 0 saturated heterocycles. The van der Waals surface area contributed by atoms with Crippen molar-refractivity contribution in [2.45, 2.75) is 26.7 Å². The fraction of sp³-hybridized carbons (Fsp3) is 0.353. The van der Waals surface area contributed by atoms with E-state index in [9.17, 15) is 9.59 Å². The highest BCUT2D eigenvalue weighted by Crippen LogP contribution is 2.34. The van der Waals surface area contributed by atoms with Gasteiger partial charge in [0.15, 0.2) is 5.75 Å². The van der Waals surface area contributed by atoms with Crippen LogP contribution in [0.4, 0.5) is 0 Å². The van der Waals surface area contributed by atoms with Crippen molar-refractivity contribution in [3.63, 3.8) is 0 Å². The standard InChI is InChI=1S/C17H18Cl2N4O4S/c1-9(2)8-27-15-11(18)5-10(6-12(15)19)7-20-23-16(26)13(3-4-14(24)25)21-22-17(23)28/h5-7,9H,3-4,8H2,1-2H3,(H,22,28)(H,24,25)/b20-7-. The highest BCUT2D eigenvalue weighted by Gasteiger charge is 2.11. The molecule has 11 heteroatoms. The number of nitrogens with zero attached hydrogens (tertiary/aromatic N) is 3. The quantitative estimate of drug-likeness (QED) is 0.475.